The van der Waals surface area contributed by atoms with Crippen molar-refractivity contribution in [2.75, 3.05) is 20.1 Å². The van der Waals surface area contributed by atoms with E-state index in [4.69, 9.17) is 4.74 Å². The average Bonchev–Trinajstić information content (AvgIpc) is 3.32. The first kappa shape index (κ1) is 15.5. The lowest BCUT2D eigenvalue weighted by atomic mass is 9.48. The molecule has 2 saturated carbocycles. The molecule has 6 rings (SSSR count). The number of piperidine rings is 1. The lowest BCUT2D eigenvalue weighted by Gasteiger charge is -2.65. The highest BCUT2D eigenvalue weighted by Crippen LogP contribution is 2.66. The van der Waals surface area contributed by atoms with Crippen molar-refractivity contribution in [3.8, 4) is 11.5 Å². The minimum atomic E-state index is -0.799. The Balaban J connectivity index is 1.60. The molecule has 4 nitrogen and oxygen atoms in total. The van der Waals surface area contributed by atoms with E-state index in [9.17, 15) is 10.2 Å². The molecule has 1 N–H and O–H groups in total. The van der Waals surface area contributed by atoms with Crippen LogP contribution < -0.4 is 9.84 Å². The topological polar surface area (TPSA) is 52.5 Å². The van der Waals surface area contributed by atoms with Crippen LogP contribution in [-0.2, 0) is 11.8 Å². The van der Waals surface area contributed by atoms with Crippen LogP contribution in [0.4, 0.5) is 0 Å². The van der Waals surface area contributed by atoms with E-state index >= 15 is 0 Å². The quantitative estimate of drug-likeness (QED) is 0.654. The van der Waals surface area contributed by atoms with E-state index in [0.717, 1.165) is 53.8 Å². The summed E-state index contributed by atoms with van der Waals surface area (Å²) in [5.41, 5.74) is 2.05. The Hall–Kier alpha value is -1.52. The van der Waals surface area contributed by atoms with Crippen LogP contribution in [0.25, 0.3) is 0 Å². The number of benzene rings is 1. The number of rotatable bonds is 2. The fourth-order valence-electron chi connectivity index (χ4n) is 7.06. The molecule has 0 aromatic heterocycles. The number of hydrogen-bond acceptors (Lipinski definition) is 3. The predicted octanol–water partition coefficient (Wildman–Crippen LogP) is 2.03. The largest absolute Gasteiger partial charge is 0.870 e. The maximum Gasteiger partial charge on any atom is 0.132 e. The molecule has 2 bridgehead atoms. The number of likely N-dealkylation sites (N-methyl/N-ethyl adjacent to an activating group) is 1. The molecule has 1 saturated heterocycles. The third-order valence-electron chi connectivity index (χ3n) is 8.41. The first-order valence-electron chi connectivity index (χ1n) is 10.1. The van der Waals surface area contributed by atoms with Gasteiger partial charge in [-0.1, -0.05) is 24.5 Å². The van der Waals surface area contributed by atoms with Crippen LogP contribution in [-0.4, -0.2) is 47.5 Å². The van der Waals surface area contributed by atoms with Gasteiger partial charge in [0.15, 0.2) is 0 Å². The van der Waals surface area contributed by atoms with Crippen LogP contribution in [0.5, 0.6) is 11.5 Å². The van der Waals surface area contributed by atoms with Crippen LogP contribution >= 0.6 is 0 Å². The van der Waals surface area contributed by atoms with Gasteiger partial charge in [-0.05, 0) is 36.8 Å². The van der Waals surface area contributed by atoms with Gasteiger partial charge in [-0.25, -0.2) is 0 Å². The number of ether oxygens (including phenoxy) is 1. The molecule has 0 radical (unpaired) electrons. The van der Waals surface area contributed by atoms with Crippen molar-refractivity contribution in [1.82, 2.24) is 0 Å². The zero-order chi connectivity index (χ0) is 17.9. The molecule has 5 atom stereocenters. The van der Waals surface area contributed by atoms with Crippen molar-refractivity contribution in [2.45, 2.75) is 61.7 Å². The van der Waals surface area contributed by atoms with Gasteiger partial charge in [0.2, 0.25) is 0 Å². The van der Waals surface area contributed by atoms with Crippen LogP contribution in [0.15, 0.2) is 24.3 Å². The molecular weight excluding hydrogens is 326 g/mol. The van der Waals surface area contributed by atoms with Crippen molar-refractivity contribution in [3.63, 3.8) is 0 Å². The molecule has 1 aromatic rings. The van der Waals surface area contributed by atoms with Gasteiger partial charge >= 0.3 is 0 Å². The molecular formula is C22H27NO3. The molecule has 26 heavy (non-hydrogen) atoms. The van der Waals surface area contributed by atoms with Crippen molar-refractivity contribution in [3.05, 3.63) is 35.4 Å². The number of quaternary nitrogens is 1. The monoisotopic (exact) mass is 353 g/mol. The number of hydrogen-bond donors (Lipinski definition) is 1. The third kappa shape index (κ3) is 1.56. The van der Waals surface area contributed by atoms with Gasteiger partial charge < -0.3 is 19.4 Å². The fourth-order valence-corrected chi connectivity index (χ4v) is 7.06. The van der Waals surface area contributed by atoms with Gasteiger partial charge in [0, 0.05) is 24.3 Å². The Labute approximate surface area is 154 Å². The van der Waals surface area contributed by atoms with E-state index in [1.165, 1.54) is 24.9 Å². The minimum absolute atomic E-state index is 0.0399. The lowest BCUT2D eigenvalue weighted by Crippen LogP contribution is -2.80. The molecule has 2 aliphatic heterocycles. The van der Waals surface area contributed by atoms with Crippen LogP contribution in [0, 0.1) is 5.92 Å². The molecule has 3 fully saturated rings. The summed E-state index contributed by atoms with van der Waals surface area (Å²) >= 11 is 0. The van der Waals surface area contributed by atoms with Gasteiger partial charge in [-0.15, -0.1) is 0 Å². The van der Waals surface area contributed by atoms with E-state index in [0.29, 0.717) is 5.75 Å². The van der Waals surface area contributed by atoms with E-state index in [1.807, 2.05) is 6.07 Å². The van der Waals surface area contributed by atoms with E-state index < -0.39 is 11.0 Å². The Bertz CT molecular complexity index is 846. The van der Waals surface area contributed by atoms with Gasteiger partial charge in [0.25, 0.3) is 0 Å². The van der Waals surface area contributed by atoms with Gasteiger partial charge in [-0.2, -0.15) is 0 Å². The molecule has 5 aliphatic rings. The van der Waals surface area contributed by atoms with E-state index in [-0.39, 0.29) is 17.9 Å². The summed E-state index contributed by atoms with van der Waals surface area (Å²) < 4.78 is 7.24. The van der Waals surface area contributed by atoms with E-state index in [1.54, 1.807) is 6.07 Å². The summed E-state index contributed by atoms with van der Waals surface area (Å²) in [6.07, 6.45) is 5.72. The molecule has 3 aliphatic carbocycles. The number of nitrogens with zero attached hydrogens (tertiary/aromatic N) is 1. The molecule has 1 spiro atoms. The summed E-state index contributed by atoms with van der Waals surface area (Å²) in [5.74, 6) is 1.29. The maximum atomic E-state index is 12.5. The maximum absolute atomic E-state index is 12.5. The SMILES string of the molecule is C=C1CC[C@]2(O)[C@H]3Cc4ccc([O-])c5c4[C@@]2(CC[N@+]3(C)CC2CC2)C1O5. The normalized spacial score (nSPS) is 45.2. The second-order valence-electron chi connectivity index (χ2n) is 9.78. The van der Waals surface area contributed by atoms with E-state index in [2.05, 4.69) is 13.6 Å². The third-order valence-corrected chi connectivity index (χ3v) is 8.41. The standard InChI is InChI=1S/C22H27NO3/c1-13-7-8-22(25)17-11-15-5-6-16(24)19-18(15)21(22,20(13)26-19)9-10-23(17,2)12-14-3-4-14/h5-6,14,17,20,25H,1,3-4,7-12H2,2H3/t17-,20?,21+,22+,23-/m1/s1. The molecule has 1 unspecified atom stereocenters. The van der Waals surface area contributed by atoms with Crippen molar-refractivity contribution in [2.24, 2.45) is 5.92 Å². The fraction of sp³-hybridized carbons (Fsp3) is 0.636. The highest BCUT2D eigenvalue weighted by molar-refractivity contribution is 5.63. The summed E-state index contributed by atoms with van der Waals surface area (Å²) in [7, 11) is 2.36. The zero-order valence-electron chi connectivity index (χ0n) is 15.5. The van der Waals surface area contributed by atoms with Crippen LogP contribution in [0.3, 0.4) is 0 Å². The Morgan fingerprint density at radius 2 is 2.15 bits per heavy atom. The molecule has 2 heterocycles. The smallest absolute Gasteiger partial charge is 0.132 e. The highest BCUT2D eigenvalue weighted by Gasteiger charge is 2.75. The predicted molar refractivity (Wildman–Crippen MR) is 96.1 cm³/mol. The van der Waals surface area contributed by atoms with Crippen molar-refractivity contribution < 1.29 is 19.4 Å². The lowest BCUT2D eigenvalue weighted by molar-refractivity contribution is -0.950. The summed E-state index contributed by atoms with van der Waals surface area (Å²) in [4.78, 5) is 0. The Morgan fingerprint density at radius 1 is 1.35 bits per heavy atom. The van der Waals surface area contributed by atoms with Crippen LogP contribution in [0.1, 0.15) is 43.2 Å². The molecule has 1 aromatic carbocycles. The van der Waals surface area contributed by atoms with Gasteiger partial charge in [0.05, 0.1) is 25.6 Å². The molecule has 0 amide bonds. The molecule has 138 valence electrons. The van der Waals surface area contributed by atoms with Crippen molar-refractivity contribution >= 4 is 0 Å². The Morgan fingerprint density at radius 3 is 2.92 bits per heavy atom. The first-order chi connectivity index (χ1) is 12.4. The Kier molecular flexibility index (Phi) is 2.67. The van der Waals surface area contributed by atoms with Gasteiger partial charge in [0.1, 0.15) is 23.5 Å². The zero-order valence-corrected chi connectivity index (χ0v) is 15.5. The summed E-state index contributed by atoms with van der Waals surface area (Å²) in [6, 6.07) is 3.86. The summed E-state index contributed by atoms with van der Waals surface area (Å²) in [5, 5.41) is 24.8. The number of likely N-dealkylation sites (tertiary alicyclic amines) is 1. The highest BCUT2D eigenvalue weighted by atomic mass is 16.5. The van der Waals surface area contributed by atoms with Crippen LogP contribution in [0.2, 0.25) is 0 Å². The van der Waals surface area contributed by atoms with Gasteiger partial charge in [-0.3, -0.25) is 0 Å². The molecule has 4 heteroatoms. The second-order valence-corrected chi connectivity index (χ2v) is 9.78. The second kappa shape index (κ2) is 4.48. The number of aliphatic hydroxyl groups is 1. The minimum Gasteiger partial charge on any atom is -0.870 e. The first-order valence-corrected chi connectivity index (χ1v) is 10.1. The summed E-state index contributed by atoms with van der Waals surface area (Å²) in [6.45, 7) is 6.51. The van der Waals surface area contributed by atoms with Crippen molar-refractivity contribution in [1.29, 1.82) is 0 Å². The average molecular weight is 353 g/mol.